The number of carbonyl (C=O) groups excluding carboxylic acids is 1. The molecule has 10 heteroatoms. The summed E-state index contributed by atoms with van der Waals surface area (Å²) < 4.78 is 39.7. The van der Waals surface area contributed by atoms with E-state index in [2.05, 4.69) is 27.5 Å². The molecule has 1 fully saturated rings. The van der Waals surface area contributed by atoms with Crippen molar-refractivity contribution in [2.24, 2.45) is 5.92 Å². The number of amides is 1. The van der Waals surface area contributed by atoms with Gasteiger partial charge in [-0.1, -0.05) is 19.8 Å². The molecule has 7 nitrogen and oxygen atoms in total. The van der Waals surface area contributed by atoms with E-state index < -0.39 is 12.0 Å². The highest BCUT2D eigenvalue weighted by Gasteiger charge is 2.38. The number of hydrogen-bond donors (Lipinski definition) is 1. The fourth-order valence-corrected chi connectivity index (χ4v) is 3.23. The summed E-state index contributed by atoms with van der Waals surface area (Å²) in [5.74, 6) is -0.713. The minimum atomic E-state index is -4.62. The second-order valence-corrected chi connectivity index (χ2v) is 6.74. The number of unbranched alkanes of at least 4 members (excludes halogenated alkanes) is 2. The van der Waals surface area contributed by atoms with Crippen LogP contribution < -0.4 is 10.2 Å². The van der Waals surface area contributed by atoms with Crippen molar-refractivity contribution in [1.29, 1.82) is 0 Å². The number of hydrogen-bond acceptors (Lipinski definition) is 5. The number of rotatable bonds is 6. The molecule has 1 amide bonds. The van der Waals surface area contributed by atoms with Crippen LogP contribution in [0.5, 0.6) is 0 Å². The number of anilines is 1. The molecule has 2 aromatic rings. The Morgan fingerprint density at radius 3 is 2.63 bits per heavy atom. The van der Waals surface area contributed by atoms with Gasteiger partial charge < -0.3 is 10.2 Å². The molecule has 0 aromatic carbocycles. The minimum absolute atomic E-state index is 0.0485. The highest BCUT2D eigenvalue weighted by atomic mass is 19.4. The number of halogens is 3. The van der Waals surface area contributed by atoms with Gasteiger partial charge in [0.1, 0.15) is 5.82 Å². The molecule has 0 unspecified atom stereocenters. The molecule has 3 rings (SSSR count). The maximum Gasteiger partial charge on any atom is 0.453 e. The number of carbonyl (C=O) groups is 1. The lowest BCUT2D eigenvalue weighted by Crippen LogP contribution is -2.41. The van der Waals surface area contributed by atoms with Crippen molar-refractivity contribution in [3.05, 3.63) is 18.0 Å². The number of fused-ring (bicyclic) bond motifs is 1. The normalized spacial score (nSPS) is 16.1. The Morgan fingerprint density at radius 2 is 1.96 bits per heavy atom. The number of piperidine rings is 1. The third kappa shape index (κ3) is 4.48. The maximum atomic E-state index is 13.0. The van der Waals surface area contributed by atoms with Crippen LogP contribution in [0.1, 0.15) is 44.9 Å². The van der Waals surface area contributed by atoms with Gasteiger partial charge in [-0.2, -0.15) is 17.7 Å². The summed E-state index contributed by atoms with van der Waals surface area (Å²) in [6, 6.07) is 3.10. The summed E-state index contributed by atoms with van der Waals surface area (Å²) in [6.45, 7) is 3.93. The van der Waals surface area contributed by atoms with Crippen LogP contribution in [0.2, 0.25) is 0 Å². The molecule has 0 bridgehead atoms. The van der Waals surface area contributed by atoms with Crippen LogP contribution in [-0.4, -0.2) is 45.4 Å². The van der Waals surface area contributed by atoms with Gasteiger partial charge in [0.2, 0.25) is 5.91 Å². The van der Waals surface area contributed by atoms with E-state index >= 15 is 0 Å². The molecular weight excluding hydrogens is 361 g/mol. The van der Waals surface area contributed by atoms with E-state index in [1.54, 1.807) is 6.07 Å². The zero-order valence-electron chi connectivity index (χ0n) is 15.2. The average molecular weight is 384 g/mol. The van der Waals surface area contributed by atoms with Gasteiger partial charge in [-0.15, -0.1) is 15.3 Å². The summed E-state index contributed by atoms with van der Waals surface area (Å²) >= 11 is 0. The monoisotopic (exact) mass is 384 g/mol. The summed E-state index contributed by atoms with van der Waals surface area (Å²) in [4.78, 5) is 14.1. The maximum absolute atomic E-state index is 13.0. The first-order valence-corrected chi connectivity index (χ1v) is 9.22. The highest BCUT2D eigenvalue weighted by Crippen LogP contribution is 2.28. The Hall–Kier alpha value is -2.39. The molecule has 148 valence electrons. The molecule has 0 saturated carbocycles. The lowest BCUT2D eigenvalue weighted by molar-refractivity contribution is -0.146. The Bertz CT molecular complexity index is 783. The van der Waals surface area contributed by atoms with Gasteiger partial charge in [-0.25, -0.2) is 0 Å². The topological polar surface area (TPSA) is 75.4 Å². The molecule has 0 spiro atoms. The summed E-state index contributed by atoms with van der Waals surface area (Å²) in [5, 5.41) is 13.7. The Balaban J connectivity index is 1.62. The predicted molar refractivity (Wildman–Crippen MR) is 93.3 cm³/mol. The molecule has 0 atom stereocenters. The van der Waals surface area contributed by atoms with Crippen LogP contribution in [0.25, 0.3) is 5.65 Å². The van der Waals surface area contributed by atoms with Crippen LogP contribution in [0.4, 0.5) is 19.0 Å². The molecule has 1 aliphatic rings. The number of alkyl halides is 3. The predicted octanol–water partition coefficient (Wildman–Crippen LogP) is 2.67. The smallest absolute Gasteiger partial charge is 0.356 e. The summed E-state index contributed by atoms with van der Waals surface area (Å²) in [6.07, 6.45) is -0.148. The van der Waals surface area contributed by atoms with Gasteiger partial charge in [0, 0.05) is 25.6 Å². The van der Waals surface area contributed by atoms with Crippen molar-refractivity contribution >= 4 is 17.4 Å². The molecular formula is C17H23F3N6O. The van der Waals surface area contributed by atoms with Gasteiger partial charge >= 0.3 is 6.18 Å². The van der Waals surface area contributed by atoms with E-state index in [-0.39, 0.29) is 17.5 Å². The van der Waals surface area contributed by atoms with Crippen LogP contribution >= 0.6 is 0 Å². The largest absolute Gasteiger partial charge is 0.453 e. The second-order valence-electron chi connectivity index (χ2n) is 6.74. The van der Waals surface area contributed by atoms with E-state index in [1.165, 1.54) is 6.07 Å². The second kappa shape index (κ2) is 8.10. The van der Waals surface area contributed by atoms with Crippen LogP contribution in [-0.2, 0) is 11.0 Å². The van der Waals surface area contributed by atoms with E-state index in [1.807, 2.05) is 4.90 Å². The van der Waals surface area contributed by atoms with Crippen molar-refractivity contribution in [2.75, 3.05) is 24.5 Å². The van der Waals surface area contributed by atoms with E-state index in [0.717, 1.165) is 23.8 Å². The third-order valence-corrected chi connectivity index (χ3v) is 4.77. The first-order chi connectivity index (χ1) is 12.9. The zero-order valence-corrected chi connectivity index (χ0v) is 15.2. The standard InChI is InChI=1S/C17H23F3N6O/c1-2-3-4-9-21-15(27)12-7-10-25(11-8-12)14-6-5-13-22-23-16(17(18,19)20)26(13)24-14/h5-6,12H,2-4,7-11H2,1H3,(H,21,27). The molecule has 2 aromatic heterocycles. The third-order valence-electron chi connectivity index (χ3n) is 4.77. The Labute approximate surface area is 154 Å². The molecule has 0 radical (unpaired) electrons. The molecule has 0 aliphatic carbocycles. The number of nitrogens with zero attached hydrogens (tertiary/aromatic N) is 5. The van der Waals surface area contributed by atoms with Gasteiger partial charge in [0.25, 0.3) is 5.82 Å². The molecule has 1 saturated heterocycles. The number of aromatic nitrogens is 4. The van der Waals surface area contributed by atoms with E-state index in [0.29, 0.717) is 38.3 Å². The van der Waals surface area contributed by atoms with Crippen LogP contribution in [0.3, 0.4) is 0 Å². The lowest BCUT2D eigenvalue weighted by atomic mass is 9.96. The SMILES string of the molecule is CCCCCNC(=O)C1CCN(c2ccc3nnc(C(F)(F)F)n3n2)CC1. The first-order valence-electron chi connectivity index (χ1n) is 9.22. The Kier molecular flexibility index (Phi) is 5.81. The van der Waals surface area contributed by atoms with Gasteiger partial charge in [0.05, 0.1) is 0 Å². The van der Waals surface area contributed by atoms with Crippen molar-refractivity contribution in [3.8, 4) is 0 Å². The minimum Gasteiger partial charge on any atom is -0.356 e. The van der Waals surface area contributed by atoms with Crippen molar-refractivity contribution < 1.29 is 18.0 Å². The van der Waals surface area contributed by atoms with E-state index in [4.69, 9.17) is 0 Å². The molecule has 1 aliphatic heterocycles. The highest BCUT2D eigenvalue weighted by molar-refractivity contribution is 5.78. The first kappa shape index (κ1) is 19.4. The quantitative estimate of drug-likeness (QED) is 0.775. The van der Waals surface area contributed by atoms with Gasteiger partial charge in [-0.05, 0) is 31.4 Å². The van der Waals surface area contributed by atoms with Gasteiger partial charge in [0.15, 0.2) is 5.65 Å². The van der Waals surface area contributed by atoms with Gasteiger partial charge in [-0.3, -0.25) is 4.79 Å². The van der Waals surface area contributed by atoms with E-state index in [9.17, 15) is 18.0 Å². The van der Waals surface area contributed by atoms with Crippen LogP contribution in [0.15, 0.2) is 12.1 Å². The van der Waals surface area contributed by atoms with Crippen molar-refractivity contribution in [3.63, 3.8) is 0 Å². The summed E-state index contributed by atoms with van der Waals surface area (Å²) in [5.41, 5.74) is 0.0485. The van der Waals surface area contributed by atoms with Crippen molar-refractivity contribution in [1.82, 2.24) is 25.1 Å². The fraction of sp³-hybridized carbons (Fsp3) is 0.647. The lowest BCUT2D eigenvalue weighted by Gasteiger charge is -2.32. The molecule has 1 N–H and O–H groups in total. The summed E-state index contributed by atoms with van der Waals surface area (Å²) in [7, 11) is 0. The fourth-order valence-electron chi connectivity index (χ4n) is 3.23. The number of nitrogens with one attached hydrogen (secondary N) is 1. The molecule has 27 heavy (non-hydrogen) atoms. The van der Waals surface area contributed by atoms with Crippen LogP contribution in [0, 0.1) is 5.92 Å². The Morgan fingerprint density at radius 1 is 1.22 bits per heavy atom. The average Bonchev–Trinajstić information content (AvgIpc) is 3.09. The molecule has 3 heterocycles. The zero-order chi connectivity index (χ0) is 19.4. The van der Waals surface area contributed by atoms with Crippen molar-refractivity contribution in [2.45, 2.75) is 45.2 Å².